The van der Waals surface area contributed by atoms with Crippen molar-refractivity contribution in [1.29, 1.82) is 0 Å². The van der Waals surface area contributed by atoms with Crippen molar-refractivity contribution in [2.24, 2.45) is 0 Å². The van der Waals surface area contributed by atoms with Crippen LogP contribution in [-0.4, -0.2) is 32.4 Å². The molecule has 1 atom stereocenters. The maximum atomic E-state index is 12.5. The Hall–Kier alpha value is -2.65. The number of benzene rings is 1. The van der Waals surface area contributed by atoms with E-state index in [2.05, 4.69) is 10.0 Å². The number of furan rings is 1. The van der Waals surface area contributed by atoms with Crippen LogP contribution in [0.25, 0.3) is 0 Å². The van der Waals surface area contributed by atoms with Crippen molar-refractivity contribution in [2.45, 2.75) is 56.2 Å². The molecule has 29 heavy (non-hydrogen) atoms. The maximum Gasteiger partial charge on any atom is 0.338 e. The summed E-state index contributed by atoms with van der Waals surface area (Å²) in [6.07, 6.45) is 4.49. The van der Waals surface area contributed by atoms with E-state index >= 15 is 0 Å². The van der Waals surface area contributed by atoms with E-state index < -0.39 is 22.1 Å². The van der Waals surface area contributed by atoms with E-state index in [0.717, 1.165) is 25.7 Å². The van der Waals surface area contributed by atoms with Gasteiger partial charge < -0.3 is 14.5 Å². The average Bonchev–Trinajstić information content (AvgIpc) is 3.40. The zero-order valence-corrected chi connectivity index (χ0v) is 16.9. The second kappa shape index (κ2) is 9.23. The van der Waals surface area contributed by atoms with Gasteiger partial charge in [0.25, 0.3) is 5.91 Å². The predicted molar refractivity (Wildman–Crippen MR) is 104 cm³/mol. The van der Waals surface area contributed by atoms with Crippen LogP contribution in [0.15, 0.2) is 52.0 Å². The van der Waals surface area contributed by atoms with Gasteiger partial charge in [0.15, 0.2) is 6.10 Å². The van der Waals surface area contributed by atoms with Gasteiger partial charge in [-0.25, -0.2) is 17.9 Å². The van der Waals surface area contributed by atoms with E-state index in [9.17, 15) is 18.0 Å². The zero-order valence-electron chi connectivity index (χ0n) is 16.1. The summed E-state index contributed by atoms with van der Waals surface area (Å²) in [6.45, 7) is 1.48. The molecule has 2 aromatic rings. The summed E-state index contributed by atoms with van der Waals surface area (Å²) < 4.78 is 37.6. The Kier molecular flexibility index (Phi) is 6.71. The topological polar surface area (TPSA) is 115 Å². The minimum absolute atomic E-state index is 0.0115. The molecule has 8 nitrogen and oxygen atoms in total. The second-order valence-electron chi connectivity index (χ2n) is 6.97. The molecule has 1 fully saturated rings. The summed E-state index contributed by atoms with van der Waals surface area (Å²) >= 11 is 0. The Labute approximate surface area is 169 Å². The summed E-state index contributed by atoms with van der Waals surface area (Å²) in [4.78, 5) is 24.5. The maximum absolute atomic E-state index is 12.5. The number of sulfonamides is 1. The first kappa shape index (κ1) is 21.1. The van der Waals surface area contributed by atoms with Gasteiger partial charge in [0, 0.05) is 6.04 Å². The Morgan fingerprint density at radius 1 is 1.21 bits per heavy atom. The molecule has 1 aliphatic carbocycles. The molecular formula is C20H24N2O6S. The standard InChI is InChI=1S/C20H24N2O6S/c1-14(19(23)22-16-7-2-3-8-16)28-20(24)15-6-4-10-18(12-15)29(25,26)21-13-17-9-5-11-27-17/h4-6,9-12,14,16,21H,2-3,7-8,13H2,1H3,(H,22,23). The highest BCUT2D eigenvalue weighted by Gasteiger charge is 2.24. The number of ether oxygens (including phenoxy) is 1. The molecule has 3 rings (SSSR count). The van der Waals surface area contributed by atoms with Gasteiger partial charge >= 0.3 is 5.97 Å². The van der Waals surface area contributed by atoms with Crippen LogP contribution in [0, 0.1) is 0 Å². The van der Waals surface area contributed by atoms with E-state index in [1.54, 1.807) is 12.1 Å². The fraction of sp³-hybridized carbons (Fsp3) is 0.400. The molecule has 0 saturated heterocycles. The Bertz CT molecular complexity index is 949. The Morgan fingerprint density at radius 2 is 1.97 bits per heavy atom. The number of esters is 1. The van der Waals surface area contributed by atoms with Crippen molar-refractivity contribution < 1.29 is 27.2 Å². The van der Waals surface area contributed by atoms with Gasteiger partial charge in [-0.15, -0.1) is 0 Å². The summed E-state index contributed by atoms with van der Waals surface area (Å²) in [5.41, 5.74) is 0.0476. The first-order valence-electron chi connectivity index (χ1n) is 9.48. The van der Waals surface area contributed by atoms with Crippen molar-refractivity contribution in [2.75, 3.05) is 0 Å². The summed E-state index contributed by atoms with van der Waals surface area (Å²) in [5, 5.41) is 2.87. The van der Waals surface area contributed by atoms with E-state index in [1.807, 2.05) is 0 Å². The number of hydrogen-bond acceptors (Lipinski definition) is 6. The lowest BCUT2D eigenvalue weighted by Gasteiger charge is -2.17. The van der Waals surface area contributed by atoms with Crippen LogP contribution in [-0.2, 0) is 26.1 Å². The second-order valence-corrected chi connectivity index (χ2v) is 8.74. The van der Waals surface area contributed by atoms with Crippen molar-refractivity contribution >= 4 is 21.9 Å². The number of hydrogen-bond donors (Lipinski definition) is 2. The molecule has 1 unspecified atom stereocenters. The Balaban J connectivity index is 1.61. The third-order valence-corrected chi connectivity index (χ3v) is 6.15. The van der Waals surface area contributed by atoms with Gasteiger partial charge in [0.2, 0.25) is 10.0 Å². The number of nitrogens with one attached hydrogen (secondary N) is 2. The average molecular weight is 420 g/mol. The van der Waals surface area contributed by atoms with E-state index in [1.165, 1.54) is 37.5 Å². The predicted octanol–water partition coefficient (Wildman–Crippen LogP) is 2.36. The van der Waals surface area contributed by atoms with E-state index in [0.29, 0.717) is 5.76 Å². The Morgan fingerprint density at radius 3 is 2.66 bits per heavy atom. The summed E-state index contributed by atoms with van der Waals surface area (Å²) in [5.74, 6) is -0.650. The first-order valence-corrected chi connectivity index (χ1v) is 11.0. The van der Waals surface area contributed by atoms with Crippen molar-refractivity contribution in [3.8, 4) is 0 Å². The third-order valence-electron chi connectivity index (χ3n) is 4.75. The number of amides is 1. The molecule has 9 heteroatoms. The molecule has 0 bridgehead atoms. The molecule has 1 amide bonds. The van der Waals surface area contributed by atoms with Crippen LogP contribution in [0.5, 0.6) is 0 Å². The molecule has 0 spiro atoms. The monoisotopic (exact) mass is 420 g/mol. The molecule has 2 N–H and O–H groups in total. The molecule has 0 aliphatic heterocycles. The molecular weight excluding hydrogens is 396 g/mol. The van der Waals surface area contributed by atoms with Gasteiger partial charge in [-0.3, -0.25) is 4.79 Å². The van der Waals surface area contributed by atoms with Gasteiger partial charge in [-0.2, -0.15) is 0 Å². The molecule has 1 heterocycles. The smallest absolute Gasteiger partial charge is 0.338 e. The molecule has 1 aromatic carbocycles. The van der Waals surface area contributed by atoms with Crippen molar-refractivity contribution in [3.05, 3.63) is 54.0 Å². The SMILES string of the molecule is CC(OC(=O)c1cccc(S(=O)(=O)NCc2ccco2)c1)C(=O)NC1CCCC1. The molecule has 1 saturated carbocycles. The van der Waals surface area contributed by atoms with E-state index in [-0.39, 0.29) is 29.0 Å². The molecule has 1 aromatic heterocycles. The fourth-order valence-corrected chi connectivity index (χ4v) is 4.16. The lowest BCUT2D eigenvalue weighted by Crippen LogP contribution is -2.40. The number of rotatable bonds is 8. The fourth-order valence-electron chi connectivity index (χ4n) is 3.12. The number of carbonyl (C=O) groups excluding carboxylic acids is 2. The lowest BCUT2D eigenvalue weighted by atomic mass is 10.2. The normalized spacial score (nSPS) is 15.8. The highest BCUT2D eigenvalue weighted by molar-refractivity contribution is 7.89. The van der Waals surface area contributed by atoms with Crippen molar-refractivity contribution in [1.82, 2.24) is 10.0 Å². The molecule has 0 radical (unpaired) electrons. The highest BCUT2D eigenvalue weighted by Crippen LogP contribution is 2.18. The summed E-state index contributed by atoms with van der Waals surface area (Å²) in [7, 11) is -3.85. The van der Waals surface area contributed by atoms with Crippen molar-refractivity contribution in [3.63, 3.8) is 0 Å². The number of carbonyl (C=O) groups is 2. The quantitative estimate of drug-likeness (QED) is 0.634. The first-order chi connectivity index (χ1) is 13.8. The van der Waals surface area contributed by atoms with E-state index in [4.69, 9.17) is 9.15 Å². The minimum Gasteiger partial charge on any atom is -0.468 e. The van der Waals surface area contributed by atoms with Crippen LogP contribution in [0.2, 0.25) is 0 Å². The van der Waals surface area contributed by atoms with Crippen LogP contribution < -0.4 is 10.0 Å². The van der Waals surface area contributed by atoms with Crippen LogP contribution in [0.4, 0.5) is 0 Å². The van der Waals surface area contributed by atoms with Crippen LogP contribution in [0.3, 0.4) is 0 Å². The molecule has 1 aliphatic rings. The molecule has 156 valence electrons. The minimum atomic E-state index is -3.85. The third kappa shape index (κ3) is 5.68. The van der Waals surface area contributed by atoms with Gasteiger partial charge in [0.1, 0.15) is 5.76 Å². The zero-order chi connectivity index (χ0) is 20.9. The van der Waals surface area contributed by atoms with Crippen LogP contribution >= 0.6 is 0 Å². The van der Waals surface area contributed by atoms with Crippen LogP contribution in [0.1, 0.15) is 48.7 Å². The van der Waals surface area contributed by atoms with Gasteiger partial charge in [-0.05, 0) is 50.1 Å². The lowest BCUT2D eigenvalue weighted by molar-refractivity contribution is -0.129. The van der Waals surface area contributed by atoms with Gasteiger partial charge in [-0.1, -0.05) is 18.9 Å². The highest BCUT2D eigenvalue weighted by atomic mass is 32.2. The largest absolute Gasteiger partial charge is 0.468 e. The summed E-state index contributed by atoms with van der Waals surface area (Å²) in [6, 6.07) is 8.90. The van der Waals surface area contributed by atoms with Gasteiger partial charge in [0.05, 0.1) is 23.3 Å².